The molecule has 0 radical (unpaired) electrons. The highest BCUT2D eigenvalue weighted by Crippen LogP contribution is 2.31. The average molecular weight is 395 g/mol. The SMILES string of the molecule is CN(C)C(CNC(=O)N(Cc1ccc(C(F)(F)F)cc1)C1CC1)c1ccco1. The van der Waals surface area contributed by atoms with Crippen LogP contribution >= 0.6 is 0 Å². The van der Waals surface area contributed by atoms with Crippen LogP contribution in [0.1, 0.15) is 35.8 Å². The zero-order valence-corrected chi connectivity index (χ0v) is 15.9. The lowest BCUT2D eigenvalue weighted by atomic mass is 10.1. The second-order valence-electron chi connectivity index (χ2n) is 7.23. The number of hydrogen-bond donors (Lipinski definition) is 1. The van der Waals surface area contributed by atoms with Crippen molar-refractivity contribution in [3.8, 4) is 0 Å². The van der Waals surface area contributed by atoms with Crippen LogP contribution in [0.2, 0.25) is 0 Å². The molecule has 1 unspecified atom stereocenters. The van der Waals surface area contributed by atoms with Crippen molar-refractivity contribution in [3.05, 3.63) is 59.5 Å². The number of urea groups is 1. The smallest absolute Gasteiger partial charge is 0.416 e. The number of nitrogens with one attached hydrogen (secondary N) is 1. The molecular weight excluding hydrogens is 371 g/mol. The van der Waals surface area contributed by atoms with Gasteiger partial charge in [-0.3, -0.25) is 4.90 Å². The summed E-state index contributed by atoms with van der Waals surface area (Å²) in [5.74, 6) is 0.756. The van der Waals surface area contributed by atoms with Gasteiger partial charge in [-0.1, -0.05) is 12.1 Å². The van der Waals surface area contributed by atoms with E-state index in [1.54, 1.807) is 17.2 Å². The van der Waals surface area contributed by atoms with Gasteiger partial charge in [0.05, 0.1) is 17.9 Å². The van der Waals surface area contributed by atoms with Gasteiger partial charge in [0, 0.05) is 19.1 Å². The van der Waals surface area contributed by atoms with Gasteiger partial charge in [-0.05, 0) is 56.8 Å². The Kier molecular flexibility index (Phi) is 5.98. The lowest BCUT2D eigenvalue weighted by Gasteiger charge is -2.27. The molecule has 3 rings (SSSR count). The molecule has 2 amide bonds. The Labute approximate surface area is 162 Å². The number of furan rings is 1. The predicted molar refractivity (Wildman–Crippen MR) is 98.5 cm³/mol. The summed E-state index contributed by atoms with van der Waals surface area (Å²) in [5.41, 5.74) is -0.0174. The first kappa shape index (κ1) is 20.3. The first-order chi connectivity index (χ1) is 13.3. The van der Waals surface area contributed by atoms with E-state index in [0.717, 1.165) is 30.7 Å². The van der Waals surface area contributed by atoms with Gasteiger partial charge in [-0.2, -0.15) is 13.2 Å². The van der Waals surface area contributed by atoms with E-state index >= 15 is 0 Å². The van der Waals surface area contributed by atoms with Crippen molar-refractivity contribution in [1.82, 2.24) is 15.1 Å². The molecular formula is C20H24F3N3O2. The number of amides is 2. The maximum absolute atomic E-state index is 12.7. The molecule has 0 spiro atoms. The highest BCUT2D eigenvalue weighted by molar-refractivity contribution is 5.75. The second-order valence-corrected chi connectivity index (χ2v) is 7.23. The number of likely N-dealkylation sites (N-methyl/N-ethyl adjacent to an activating group) is 1. The Balaban J connectivity index is 1.63. The maximum Gasteiger partial charge on any atom is 0.416 e. The van der Waals surface area contributed by atoms with Crippen molar-refractivity contribution < 1.29 is 22.4 Å². The zero-order chi connectivity index (χ0) is 20.3. The molecule has 1 atom stereocenters. The van der Waals surface area contributed by atoms with E-state index in [-0.39, 0.29) is 24.7 Å². The number of nitrogens with zero attached hydrogens (tertiary/aromatic N) is 2. The van der Waals surface area contributed by atoms with Crippen LogP contribution < -0.4 is 5.32 Å². The van der Waals surface area contributed by atoms with Crippen molar-refractivity contribution >= 4 is 6.03 Å². The van der Waals surface area contributed by atoms with Gasteiger partial charge in [0.2, 0.25) is 0 Å². The largest absolute Gasteiger partial charge is 0.468 e. The molecule has 1 aliphatic rings. The number of alkyl halides is 3. The fraction of sp³-hybridized carbons (Fsp3) is 0.450. The summed E-state index contributed by atoms with van der Waals surface area (Å²) in [5, 5.41) is 2.94. The third-order valence-corrected chi connectivity index (χ3v) is 4.82. The third-order valence-electron chi connectivity index (χ3n) is 4.82. The zero-order valence-electron chi connectivity index (χ0n) is 15.9. The van der Waals surface area contributed by atoms with Crippen molar-refractivity contribution in [2.45, 2.75) is 37.6 Å². The first-order valence-corrected chi connectivity index (χ1v) is 9.16. The molecule has 1 fully saturated rings. The van der Waals surface area contributed by atoms with Crippen LogP contribution in [-0.2, 0) is 12.7 Å². The van der Waals surface area contributed by atoms with E-state index in [0.29, 0.717) is 12.1 Å². The summed E-state index contributed by atoms with van der Waals surface area (Å²) in [6.45, 7) is 0.650. The predicted octanol–water partition coefficient (Wildman–Crippen LogP) is 4.28. The van der Waals surface area contributed by atoms with E-state index in [1.165, 1.54) is 12.1 Å². The van der Waals surface area contributed by atoms with E-state index < -0.39 is 11.7 Å². The van der Waals surface area contributed by atoms with Gasteiger partial charge in [-0.25, -0.2) is 4.79 Å². The summed E-state index contributed by atoms with van der Waals surface area (Å²) >= 11 is 0. The van der Waals surface area contributed by atoms with Gasteiger partial charge < -0.3 is 14.6 Å². The summed E-state index contributed by atoms with van der Waals surface area (Å²) in [4.78, 5) is 16.4. The fourth-order valence-electron chi connectivity index (χ4n) is 3.05. The molecule has 1 heterocycles. The topological polar surface area (TPSA) is 48.7 Å². The molecule has 0 aliphatic heterocycles. The highest BCUT2D eigenvalue weighted by Gasteiger charge is 2.34. The van der Waals surface area contributed by atoms with Gasteiger partial charge in [0.1, 0.15) is 5.76 Å². The molecule has 28 heavy (non-hydrogen) atoms. The first-order valence-electron chi connectivity index (χ1n) is 9.16. The standard InChI is InChI=1S/C20H24F3N3O2/c1-25(2)17(18-4-3-11-28-18)12-24-19(27)26(16-9-10-16)13-14-5-7-15(8-6-14)20(21,22)23/h3-8,11,16-17H,9-10,12-13H2,1-2H3,(H,24,27). The molecule has 5 nitrogen and oxygen atoms in total. The Hall–Kier alpha value is -2.48. The summed E-state index contributed by atoms with van der Waals surface area (Å²) < 4.78 is 43.6. The monoisotopic (exact) mass is 395 g/mol. The molecule has 1 saturated carbocycles. The molecule has 1 aromatic carbocycles. The second kappa shape index (κ2) is 8.26. The average Bonchev–Trinajstić information content (AvgIpc) is 3.34. The lowest BCUT2D eigenvalue weighted by Crippen LogP contribution is -2.44. The molecule has 0 bridgehead atoms. The van der Waals surface area contributed by atoms with E-state index in [1.807, 2.05) is 25.1 Å². The number of hydrogen-bond acceptors (Lipinski definition) is 3. The maximum atomic E-state index is 12.7. The van der Waals surface area contributed by atoms with E-state index in [4.69, 9.17) is 4.42 Å². The van der Waals surface area contributed by atoms with Crippen LogP contribution in [0.15, 0.2) is 47.1 Å². The third kappa shape index (κ3) is 5.07. The fourth-order valence-corrected chi connectivity index (χ4v) is 3.05. The van der Waals surface area contributed by atoms with Crippen LogP contribution in [0.4, 0.5) is 18.0 Å². The molecule has 1 aliphatic carbocycles. The van der Waals surface area contributed by atoms with Crippen molar-refractivity contribution in [3.63, 3.8) is 0 Å². The Morgan fingerprint density at radius 3 is 2.39 bits per heavy atom. The molecule has 0 saturated heterocycles. The van der Waals surface area contributed by atoms with Gasteiger partial charge in [0.25, 0.3) is 0 Å². The van der Waals surface area contributed by atoms with Crippen LogP contribution in [0.3, 0.4) is 0 Å². The Morgan fingerprint density at radius 1 is 1.21 bits per heavy atom. The highest BCUT2D eigenvalue weighted by atomic mass is 19.4. The number of carbonyl (C=O) groups is 1. The number of rotatable bonds is 7. The van der Waals surface area contributed by atoms with Gasteiger partial charge >= 0.3 is 12.2 Å². The Bertz CT molecular complexity index is 769. The molecule has 152 valence electrons. The molecule has 1 N–H and O–H groups in total. The van der Waals surface area contributed by atoms with E-state index in [9.17, 15) is 18.0 Å². The minimum atomic E-state index is -4.36. The number of benzene rings is 1. The normalized spacial score (nSPS) is 15.5. The van der Waals surface area contributed by atoms with Crippen molar-refractivity contribution in [2.24, 2.45) is 0 Å². The summed E-state index contributed by atoms with van der Waals surface area (Å²) in [6, 6.07) is 8.42. The van der Waals surface area contributed by atoms with Crippen LogP contribution in [0, 0.1) is 0 Å². The number of halogens is 3. The van der Waals surface area contributed by atoms with Crippen molar-refractivity contribution in [2.75, 3.05) is 20.6 Å². The van der Waals surface area contributed by atoms with E-state index in [2.05, 4.69) is 5.32 Å². The van der Waals surface area contributed by atoms with Crippen LogP contribution in [-0.4, -0.2) is 42.5 Å². The van der Waals surface area contributed by atoms with Gasteiger partial charge in [-0.15, -0.1) is 0 Å². The lowest BCUT2D eigenvalue weighted by molar-refractivity contribution is -0.137. The minimum Gasteiger partial charge on any atom is -0.468 e. The Morgan fingerprint density at radius 2 is 1.89 bits per heavy atom. The molecule has 2 aromatic rings. The molecule has 1 aromatic heterocycles. The van der Waals surface area contributed by atoms with Crippen LogP contribution in [0.5, 0.6) is 0 Å². The van der Waals surface area contributed by atoms with Crippen molar-refractivity contribution in [1.29, 1.82) is 0 Å². The quantitative estimate of drug-likeness (QED) is 0.762. The van der Waals surface area contributed by atoms with Gasteiger partial charge in [0.15, 0.2) is 0 Å². The summed E-state index contributed by atoms with van der Waals surface area (Å²) in [7, 11) is 3.81. The van der Waals surface area contributed by atoms with Crippen LogP contribution in [0.25, 0.3) is 0 Å². The minimum absolute atomic E-state index is 0.105. The molecule has 8 heteroatoms. The summed E-state index contributed by atoms with van der Waals surface area (Å²) in [6.07, 6.45) is -0.958. The number of carbonyl (C=O) groups excluding carboxylic acids is 1.